The highest BCUT2D eigenvalue weighted by Gasteiger charge is 2.19. The van der Waals surface area contributed by atoms with Gasteiger partial charge in [-0.05, 0) is 93.6 Å². The van der Waals surface area contributed by atoms with Crippen molar-refractivity contribution in [2.24, 2.45) is 0 Å². The molecular weight excluding hydrogens is 583 g/mol. The molecule has 1 aromatic carbocycles. The first kappa shape index (κ1) is 28.6. The molecule has 1 aliphatic heterocycles. The van der Waals surface area contributed by atoms with Crippen LogP contribution in [0.5, 0.6) is 11.5 Å². The number of halogens is 1. The molecule has 1 saturated carbocycles. The predicted octanol–water partition coefficient (Wildman–Crippen LogP) is 6.95. The number of fused-ring (bicyclic) bond motifs is 2. The molecule has 0 radical (unpaired) electrons. The van der Waals surface area contributed by atoms with Gasteiger partial charge in [-0.15, -0.1) is 0 Å². The topological polar surface area (TPSA) is 118 Å². The first-order chi connectivity index (χ1) is 22.7. The van der Waals surface area contributed by atoms with Gasteiger partial charge in [0.15, 0.2) is 17.2 Å². The van der Waals surface area contributed by atoms with Gasteiger partial charge in [-0.3, -0.25) is 15.0 Å². The Bertz CT molecular complexity index is 1990. The van der Waals surface area contributed by atoms with Crippen LogP contribution in [0.1, 0.15) is 44.9 Å². The van der Waals surface area contributed by atoms with Crippen LogP contribution in [0.25, 0.3) is 56.1 Å². The van der Waals surface area contributed by atoms with Crippen molar-refractivity contribution in [1.29, 1.82) is 0 Å². The Balaban J connectivity index is 1.08. The van der Waals surface area contributed by atoms with Crippen LogP contribution >= 0.6 is 0 Å². The van der Waals surface area contributed by atoms with Crippen LogP contribution in [0.4, 0.5) is 4.39 Å². The highest BCUT2D eigenvalue weighted by atomic mass is 19.1. The van der Waals surface area contributed by atoms with Gasteiger partial charge in [-0.1, -0.05) is 6.42 Å². The third-order valence-corrected chi connectivity index (χ3v) is 8.95. The maximum atomic E-state index is 14.8. The van der Waals surface area contributed by atoms with Crippen LogP contribution in [-0.2, 0) is 0 Å². The summed E-state index contributed by atoms with van der Waals surface area (Å²) in [5.41, 5.74) is 6.23. The number of ether oxygens (including phenoxy) is 2. The Kier molecular flexibility index (Phi) is 7.75. The summed E-state index contributed by atoms with van der Waals surface area (Å²) in [6.45, 7) is 3.53. The number of nitrogens with one attached hydrogen (secondary N) is 2. The van der Waals surface area contributed by atoms with Crippen molar-refractivity contribution >= 4 is 22.2 Å². The zero-order valence-corrected chi connectivity index (χ0v) is 25.5. The Hall–Kier alpha value is -4.90. The molecule has 1 aliphatic carbocycles. The maximum absolute atomic E-state index is 14.8. The van der Waals surface area contributed by atoms with E-state index >= 15 is 0 Å². The van der Waals surface area contributed by atoms with Crippen LogP contribution in [0.2, 0.25) is 0 Å². The molecule has 6 aromatic rings. The molecule has 0 spiro atoms. The highest BCUT2D eigenvalue weighted by Crippen LogP contribution is 2.33. The molecule has 234 valence electrons. The van der Waals surface area contributed by atoms with Gasteiger partial charge in [0.2, 0.25) is 0 Å². The number of aromatic amines is 2. The van der Waals surface area contributed by atoms with Crippen molar-refractivity contribution in [2.75, 3.05) is 26.2 Å². The lowest BCUT2D eigenvalue weighted by Gasteiger charge is -2.22. The van der Waals surface area contributed by atoms with Gasteiger partial charge in [0.05, 0.1) is 29.0 Å². The largest absolute Gasteiger partial charge is 0.492 e. The van der Waals surface area contributed by atoms with Crippen LogP contribution in [0.15, 0.2) is 61.1 Å². The average molecular weight is 619 g/mol. The monoisotopic (exact) mass is 618 g/mol. The van der Waals surface area contributed by atoms with Gasteiger partial charge < -0.3 is 14.5 Å². The third-order valence-electron chi connectivity index (χ3n) is 8.95. The molecule has 10 nitrogen and oxygen atoms in total. The van der Waals surface area contributed by atoms with E-state index < -0.39 is 0 Å². The van der Waals surface area contributed by atoms with Gasteiger partial charge in [-0.2, -0.15) is 5.10 Å². The van der Waals surface area contributed by atoms with Crippen molar-refractivity contribution in [2.45, 2.75) is 51.0 Å². The lowest BCUT2D eigenvalue weighted by atomic mass is 9.98. The van der Waals surface area contributed by atoms with Crippen molar-refractivity contribution < 1.29 is 13.9 Å². The summed E-state index contributed by atoms with van der Waals surface area (Å²) in [4.78, 5) is 24.4. The number of H-pyrrole nitrogens is 2. The van der Waals surface area contributed by atoms with E-state index in [4.69, 9.17) is 19.4 Å². The first-order valence-corrected chi connectivity index (χ1v) is 16.1. The molecule has 11 heteroatoms. The molecule has 1 saturated heterocycles. The van der Waals surface area contributed by atoms with Gasteiger partial charge in [0.1, 0.15) is 29.4 Å². The second-order valence-electron chi connectivity index (χ2n) is 12.2. The SMILES string of the molecule is Fc1cc(OCCN2CCCC2)cc(-c2ccnc3nc(-c4n[nH]c5ccc(-c6cncc(OC7CCCCC7)c6)nc45)[nH]c23)c1. The van der Waals surface area contributed by atoms with Crippen molar-refractivity contribution in [1.82, 2.24) is 40.0 Å². The standard InChI is InChI=1S/C35H35FN8O2/c36-24-16-22(17-26(19-24)45-15-14-44-12-4-5-13-44)28-10-11-38-34-31(28)40-35(41-34)33-32-30(42-43-33)9-8-29(39-32)23-18-27(21-37-20-23)46-25-6-2-1-3-7-25/h8-11,16-21,25H,1-7,12-15H2,(H,42,43)(H,38,40,41). The van der Waals surface area contributed by atoms with Crippen molar-refractivity contribution in [3.8, 4) is 45.4 Å². The molecule has 6 heterocycles. The molecule has 46 heavy (non-hydrogen) atoms. The molecule has 2 fully saturated rings. The molecule has 2 aliphatic rings. The number of hydrogen-bond acceptors (Lipinski definition) is 8. The summed E-state index contributed by atoms with van der Waals surface area (Å²) >= 11 is 0. The number of nitrogens with zero attached hydrogens (tertiary/aromatic N) is 6. The van der Waals surface area contributed by atoms with Crippen LogP contribution in [0, 0.1) is 5.82 Å². The van der Waals surface area contributed by atoms with Crippen molar-refractivity contribution in [3.05, 3.63) is 66.9 Å². The lowest BCUT2D eigenvalue weighted by molar-refractivity contribution is 0.154. The number of benzene rings is 1. The summed E-state index contributed by atoms with van der Waals surface area (Å²) in [5.74, 6) is 1.40. The van der Waals surface area contributed by atoms with Crippen LogP contribution in [-0.4, -0.2) is 72.4 Å². The number of aromatic nitrogens is 7. The Morgan fingerprint density at radius 2 is 1.76 bits per heavy atom. The van der Waals surface area contributed by atoms with E-state index in [2.05, 4.69) is 30.0 Å². The van der Waals surface area contributed by atoms with Crippen LogP contribution < -0.4 is 9.47 Å². The minimum atomic E-state index is -0.365. The molecule has 0 bridgehead atoms. The number of rotatable bonds is 9. The minimum Gasteiger partial charge on any atom is -0.492 e. The fraction of sp³-hybridized carbons (Fsp3) is 0.343. The van der Waals surface area contributed by atoms with Gasteiger partial charge >= 0.3 is 0 Å². The summed E-state index contributed by atoms with van der Waals surface area (Å²) in [6, 6.07) is 12.5. The highest BCUT2D eigenvalue weighted by molar-refractivity contribution is 5.95. The van der Waals surface area contributed by atoms with E-state index in [1.807, 2.05) is 30.3 Å². The summed E-state index contributed by atoms with van der Waals surface area (Å²) in [6.07, 6.45) is 13.8. The maximum Gasteiger partial charge on any atom is 0.178 e. The normalized spacial score (nSPS) is 16.0. The smallest absolute Gasteiger partial charge is 0.178 e. The quantitative estimate of drug-likeness (QED) is 0.179. The molecule has 2 N–H and O–H groups in total. The Morgan fingerprint density at radius 1 is 0.891 bits per heavy atom. The fourth-order valence-electron chi connectivity index (χ4n) is 6.59. The lowest BCUT2D eigenvalue weighted by Crippen LogP contribution is -2.25. The fourth-order valence-corrected chi connectivity index (χ4v) is 6.59. The molecule has 8 rings (SSSR count). The van der Waals surface area contributed by atoms with E-state index in [1.54, 1.807) is 18.6 Å². The second-order valence-corrected chi connectivity index (χ2v) is 12.2. The Labute approximate surface area is 265 Å². The third kappa shape index (κ3) is 5.90. The summed E-state index contributed by atoms with van der Waals surface area (Å²) in [5, 5.41) is 7.63. The first-order valence-electron chi connectivity index (χ1n) is 16.1. The predicted molar refractivity (Wildman–Crippen MR) is 174 cm³/mol. The van der Waals surface area contributed by atoms with E-state index in [0.29, 0.717) is 46.1 Å². The van der Waals surface area contributed by atoms with E-state index in [-0.39, 0.29) is 11.9 Å². The minimum absolute atomic E-state index is 0.236. The molecule has 0 unspecified atom stereocenters. The van der Waals surface area contributed by atoms with Gasteiger partial charge in [0, 0.05) is 36.1 Å². The molecule has 0 amide bonds. The summed E-state index contributed by atoms with van der Waals surface area (Å²) < 4.78 is 27.0. The zero-order chi connectivity index (χ0) is 30.9. The van der Waals surface area contributed by atoms with Gasteiger partial charge in [0.25, 0.3) is 0 Å². The van der Waals surface area contributed by atoms with Crippen LogP contribution in [0.3, 0.4) is 0 Å². The zero-order valence-electron chi connectivity index (χ0n) is 25.5. The molecular formula is C35H35FN8O2. The summed E-state index contributed by atoms with van der Waals surface area (Å²) in [7, 11) is 0. The molecule has 0 atom stereocenters. The van der Waals surface area contributed by atoms with Crippen molar-refractivity contribution in [3.63, 3.8) is 0 Å². The van der Waals surface area contributed by atoms with E-state index in [9.17, 15) is 4.39 Å². The Morgan fingerprint density at radius 3 is 2.65 bits per heavy atom. The van der Waals surface area contributed by atoms with E-state index in [0.717, 1.165) is 60.6 Å². The second kappa shape index (κ2) is 12.5. The molecule has 5 aromatic heterocycles. The average Bonchev–Trinajstić information content (AvgIpc) is 3.85. The van der Waals surface area contributed by atoms with E-state index in [1.165, 1.54) is 44.2 Å². The number of pyridine rings is 3. The van der Waals surface area contributed by atoms with Gasteiger partial charge in [-0.25, -0.2) is 19.3 Å². The number of likely N-dealkylation sites (tertiary alicyclic amines) is 1. The number of imidazole rings is 1. The number of hydrogen-bond donors (Lipinski definition) is 2.